The van der Waals surface area contributed by atoms with E-state index in [1.807, 2.05) is 0 Å². The molecule has 5 heteroatoms. The van der Waals surface area contributed by atoms with Gasteiger partial charge >= 0.3 is 0 Å². The average molecular weight is 268 g/mol. The van der Waals surface area contributed by atoms with Crippen molar-refractivity contribution in [3.63, 3.8) is 0 Å². The maximum Gasteiger partial charge on any atom is 0.194 e. The standard InChI is InChI=1S/C13H8ClF2NO/c14-10-6-12(16)11(15)5-9(10)13(18)7-2-1-3-8(17)4-7/h1-6H,17H2. The summed E-state index contributed by atoms with van der Waals surface area (Å²) in [7, 11) is 0. The highest BCUT2D eigenvalue weighted by Crippen LogP contribution is 2.23. The van der Waals surface area contributed by atoms with Gasteiger partial charge in [0.25, 0.3) is 0 Å². The number of carbonyl (C=O) groups is 1. The first-order chi connectivity index (χ1) is 8.49. The molecule has 0 saturated heterocycles. The molecule has 2 N–H and O–H groups in total. The van der Waals surface area contributed by atoms with Crippen molar-refractivity contribution in [2.75, 3.05) is 5.73 Å². The highest BCUT2D eigenvalue weighted by Gasteiger charge is 2.16. The van der Waals surface area contributed by atoms with Crippen LogP contribution in [-0.4, -0.2) is 5.78 Å². The minimum Gasteiger partial charge on any atom is -0.399 e. The lowest BCUT2D eigenvalue weighted by atomic mass is 10.0. The van der Waals surface area contributed by atoms with Gasteiger partial charge in [0.2, 0.25) is 0 Å². The molecule has 2 rings (SSSR count). The van der Waals surface area contributed by atoms with Crippen LogP contribution in [0.1, 0.15) is 15.9 Å². The van der Waals surface area contributed by atoms with Crippen LogP contribution < -0.4 is 5.73 Å². The van der Waals surface area contributed by atoms with Gasteiger partial charge in [-0.05, 0) is 24.3 Å². The van der Waals surface area contributed by atoms with Crippen LogP contribution >= 0.6 is 11.6 Å². The molecule has 0 radical (unpaired) electrons. The molecule has 0 aliphatic heterocycles. The number of rotatable bonds is 2. The zero-order valence-corrected chi connectivity index (χ0v) is 9.84. The third-order valence-electron chi connectivity index (χ3n) is 2.40. The Kier molecular flexibility index (Phi) is 3.30. The smallest absolute Gasteiger partial charge is 0.194 e. The summed E-state index contributed by atoms with van der Waals surface area (Å²) >= 11 is 5.73. The van der Waals surface area contributed by atoms with Crippen LogP contribution in [0.5, 0.6) is 0 Å². The van der Waals surface area contributed by atoms with Crippen LogP contribution in [0.25, 0.3) is 0 Å². The molecule has 0 bridgehead atoms. The summed E-state index contributed by atoms with van der Waals surface area (Å²) in [4.78, 5) is 12.1. The molecule has 0 aliphatic rings. The molecule has 18 heavy (non-hydrogen) atoms. The Morgan fingerprint density at radius 3 is 2.44 bits per heavy atom. The number of anilines is 1. The molecule has 0 amide bonds. The van der Waals surface area contributed by atoms with Gasteiger partial charge in [-0.25, -0.2) is 8.78 Å². The topological polar surface area (TPSA) is 43.1 Å². The Bertz CT molecular complexity index is 628. The van der Waals surface area contributed by atoms with Gasteiger partial charge in [0.1, 0.15) is 0 Å². The molecule has 0 fully saturated rings. The first kappa shape index (κ1) is 12.5. The number of hydrogen-bond acceptors (Lipinski definition) is 2. The molecule has 2 aromatic carbocycles. The second-order valence-electron chi connectivity index (χ2n) is 3.70. The van der Waals surface area contributed by atoms with Crippen molar-refractivity contribution in [2.45, 2.75) is 0 Å². The minimum atomic E-state index is -1.12. The molecule has 0 aliphatic carbocycles. The van der Waals surface area contributed by atoms with Crippen molar-refractivity contribution in [2.24, 2.45) is 0 Å². The monoisotopic (exact) mass is 267 g/mol. The van der Waals surface area contributed by atoms with Gasteiger partial charge in [-0.15, -0.1) is 0 Å². The highest BCUT2D eigenvalue weighted by atomic mass is 35.5. The quantitative estimate of drug-likeness (QED) is 0.515. The molecular formula is C13H8ClF2NO. The summed E-state index contributed by atoms with van der Waals surface area (Å²) < 4.78 is 26.0. The lowest BCUT2D eigenvalue weighted by molar-refractivity contribution is 0.103. The van der Waals surface area contributed by atoms with Crippen LogP contribution in [-0.2, 0) is 0 Å². The van der Waals surface area contributed by atoms with Crippen molar-refractivity contribution in [3.8, 4) is 0 Å². The number of ketones is 1. The van der Waals surface area contributed by atoms with Gasteiger partial charge < -0.3 is 5.73 Å². The summed E-state index contributed by atoms with van der Waals surface area (Å²) in [5.41, 5.74) is 6.12. The second-order valence-corrected chi connectivity index (χ2v) is 4.11. The first-order valence-corrected chi connectivity index (χ1v) is 5.41. The van der Waals surface area contributed by atoms with E-state index >= 15 is 0 Å². The lowest BCUT2D eigenvalue weighted by Gasteiger charge is -2.05. The van der Waals surface area contributed by atoms with Crippen LogP contribution in [0.15, 0.2) is 36.4 Å². The molecule has 2 nitrogen and oxygen atoms in total. The van der Waals surface area contributed by atoms with E-state index in [1.54, 1.807) is 12.1 Å². The molecular weight excluding hydrogens is 260 g/mol. The molecule has 0 aromatic heterocycles. The summed E-state index contributed by atoms with van der Waals surface area (Å²) in [6, 6.07) is 7.73. The van der Waals surface area contributed by atoms with Gasteiger partial charge in [0.05, 0.1) is 5.02 Å². The van der Waals surface area contributed by atoms with E-state index in [-0.39, 0.29) is 16.1 Å². The Morgan fingerprint density at radius 2 is 1.78 bits per heavy atom. The normalized spacial score (nSPS) is 10.4. The van der Waals surface area contributed by atoms with E-state index < -0.39 is 17.4 Å². The van der Waals surface area contributed by atoms with Crippen LogP contribution in [0.2, 0.25) is 5.02 Å². The number of halogens is 3. The van der Waals surface area contributed by atoms with Gasteiger partial charge in [0.15, 0.2) is 17.4 Å². The molecule has 0 spiro atoms. The van der Waals surface area contributed by atoms with Crippen molar-refractivity contribution in [3.05, 3.63) is 64.2 Å². The van der Waals surface area contributed by atoms with E-state index in [0.717, 1.165) is 12.1 Å². The molecule has 0 atom stereocenters. The Hall–Kier alpha value is -1.94. The van der Waals surface area contributed by atoms with E-state index in [4.69, 9.17) is 17.3 Å². The van der Waals surface area contributed by atoms with E-state index in [1.165, 1.54) is 12.1 Å². The zero-order chi connectivity index (χ0) is 13.3. The Morgan fingerprint density at radius 1 is 1.11 bits per heavy atom. The molecule has 0 heterocycles. The SMILES string of the molecule is Nc1cccc(C(=O)c2cc(F)c(F)cc2Cl)c1. The fraction of sp³-hybridized carbons (Fsp3) is 0. The maximum absolute atomic E-state index is 13.1. The van der Waals surface area contributed by atoms with E-state index in [0.29, 0.717) is 5.69 Å². The highest BCUT2D eigenvalue weighted by molar-refractivity contribution is 6.35. The van der Waals surface area contributed by atoms with Crippen molar-refractivity contribution in [1.29, 1.82) is 0 Å². The lowest BCUT2D eigenvalue weighted by Crippen LogP contribution is -2.04. The average Bonchev–Trinajstić information content (AvgIpc) is 2.33. The van der Waals surface area contributed by atoms with Crippen LogP contribution in [0.4, 0.5) is 14.5 Å². The van der Waals surface area contributed by atoms with Crippen molar-refractivity contribution in [1.82, 2.24) is 0 Å². The van der Waals surface area contributed by atoms with E-state index in [2.05, 4.69) is 0 Å². The third-order valence-corrected chi connectivity index (χ3v) is 2.72. The second kappa shape index (κ2) is 4.74. The maximum atomic E-state index is 13.1. The number of hydrogen-bond donors (Lipinski definition) is 1. The predicted molar refractivity (Wildman–Crippen MR) is 65.7 cm³/mol. The van der Waals surface area contributed by atoms with Gasteiger partial charge in [0, 0.05) is 16.8 Å². The Balaban J connectivity index is 2.49. The van der Waals surface area contributed by atoms with Crippen LogP contribution in [0, 0.1) is 11.6 Å². The minimum absolute atomic E-state index is 0.0961. The molecule has 0 unspecified atom stereocenters. The number of carbonyl (C=O) groups excluding carboxylic acids is 1. The summed E-state index contributed by atoms with van der Waals surface area (Å²) in [6.07, 6.45) is 0. The number of benzene rings is 2. The number of nitrogen functional groups attached to an aromatic ring is 1. The van der Waals surface area contributed by atoms with Crippen molar-refractivity contribution >= 4 is 23.1 Å². The summed E-state index contributed by atoms with van der Waals surface area (Å²) in [6.45, 7) is 0. The molecule has 2 aromatic rings. The first-order valence-electron chi connectivity index (χ1n) is 5.04. The molecule has 0 saturated carbocycles. The third kappa shape index (κ3) is 2.33. The summed E-state index contributed by atoms with van der Waals surface area (Å²) in [5, 5.41) is -0.138. The molecule has 92 valence electrons. The van der Waals surface area contributed by atoms with Gasteiger partial charge in [-0.1, -0.05) is 23.7 Å². The van der Waals surface area contributed by atoms with Gasteiger partial charge in [-0.3, -0.25) is 4.79 Å². The van der Waals surface area contributed by atoms with Crippen LogP contribution in [0.3, 0.4) is 0 Å². The Labute approximate surface area is 107 Å². The predicted octanol–water partition coefficient (Wildman–Crippen LogP) is 3.43. The van der Waals surface area contributed by atoms with Crippen molar-refractivity contribution < 1.29 is 13.6 Å². The fourth-order valence-corrected chi connectivity index (χ4v) is 1.77. The summed E-state index contributed by atoms with van der Waals surface area (Å²) in [5.74, 6) is -2.72. The zero-order valence-electron chi connectivity index (χ0n) is 9.08. The fourth-order valence-electron chi connectivity index (χ4n) is 1.53. The van der Waals surface area contributed by atoms with Gasteiger partial charge in [-0.2, -0.15) is 0 Å². The van der Waals surface area contributed by atoms with E-state index in [9.17, 15) is 13.6 Å². The largest absolute Gasteiger partial charge is 0.399 e. The number of nitrogens with two attached hydrogens (primary N) is 1.